The van der Waals surface area contributed by atoms with E-state index in [-0.39, 0.29) is 6.10 Å². The summed E-state index contributed by atoms with van der Waals surface area (Å²) >= 11 is 1.58. The second-order valence-electron chi connectivity index (χ2n) is 3.96. The van der Waals surface area contributed by atoms with Crippen molar-refractivity contribution >= 4 is 17.4 Å². The van der Waals surface area contributed by atoms with Crippen LogP contribution in [0.1, 0.15) is 18.4 Å². The van der Waals surface area contributed by atoms with Gasteiger partial charge in [-0.25, -0.2) is 0 Å². The highest BCUT2D eigenvalue weighted by molar-refractivity contribution is 7.98. The number of aliphatic hydroxyl groups excluding tert-OH is 1. The molecule has 0 unspecified atom stereocenters. The van der Waals surface area contributed by atoms with E-state index in [1.54, 1.807) is 11.8 Å². The Labute approximate surface area is 99.5 Å². The molecule has 1 aromatic rings. The first-order valence-corrected chi connectivity index (χ1v) is 6.48. The van der Waals surface area contributed by atoms with Crippen LogP contribution in [0.3, 0.4) is 0 Å². The monoisotopic (exact) mass is 234 g/mol. The van der Waals surface area contributed by atoms with Gasteiger partial charge in [0.15, 0.2) is 0 Å². The third kappa shape index (κ3) is 2.16. The van der Waals surface area contributed by atoms with Crippen LogP contribution in [0, 0.1) is 11.3 Å². The lowest BCUT2D eigenvalue weighted by atomic mass is 9.89. The van der Waals surface area contributed by atoms with Gasteiger partial charge < -0.3 is 10.4 Å². The van der Waals surface area contributed by atoms with Crippen LogP contribution in [0.5, 0.6) is 0 Å². The van der Waals surface area contributed by atoms with Gasteiger partial charge in [0, 0.05) is 10.9 Å². The maximum Gasteiger partial charge on any atom is 0.102 e. The summed E-state index contributed by atoms with van der Waals surface area (Å²) in [7, 11) is 0. The Hall–Kier alpha value is -1.18. The highest BCUT2D eigenvalue weighted by Crippen LogP contribution is 2.30. The van der Waals surface area contributed by atoms with E-state index >= 15 is 0 Å². The van der Waals surface area contributed by atoms with Crippen LogP contribution < -0.4 is 5.32 Å². The molecule has 1 saturated carbocycles. The van der Waals surface area contributed by atoms with E-state index in [9.17, 15) is 5.11 Å². The van der Waals surface area contributed by atoms with Crippen molar-refractivity contribution in [2.75, 3.05) is 11.6 Å². The fraction of sp³-hybridized carbons (Fsp3) is 0.417. The second kappa shape index (κ2) is 4.77. The van der Waals surface area contributed by atoms with Crippen molar-refractivity contribution in [3.8, 4) is 6.07 Å². The minimum Gasteiger partial charge on any atom is -0.393 e. The smallest absolute Gasteiger partial charge is 0.102 e. The van der Waals surface area contributed by atoms with Gasteiger partial charge >= 0.3 is 0 Å². The van der Waals surface area contributed by atoms with E-state index < -0.39 is 0 Å². The summed E-state index contributed by atoms with van der Waals surface area (Å²) in [6.45, 7) is 0. The lowest BCUT2D eigenvalue weighted by Gasteiger charge is -2.33. The standard InChI is InChI=1S/C12H14N2OS/c1-16-12-4-2-3-11(10(12)7-13)14-8-5-9(15)6-8/h2-4,8-9,14-15H,5-6H2,1H3. The molecular formula is C12H14N2OS. The Morgan fingerprint density at radius 3 is 2.81 bits per heavy atom. The first-order chi connectivity index (χ1) is 7.74. The number of benzene rings is 1. The number of nitriles is 1. The van der Waals surface area contributed by atoms with Crippen molar-refractivity contribution in [1.29, 1.82) is 5.26 Å². The summed E-state index contributed by atoms with van der Waals surface area (Å²) in [5.74, 6) is 0. The maximum absolute atomic E-state index is 9.21. The number of nitrogens with one attached hydrogen (secondary N) is 1. The van der Waals surface area contributed by atoms with E-state index in [2.05, 4.69) is 11.4 Å². The van der Waals surface area contributed by atoms with Gasteiger partial charge in [-0.1, -0.05) is 6.07 Å². The first kappa shape index (κ1) is 11.3. The third-order valence-corrected chi connectivity index (χ3v) is 3.61. The minimum atomic E-state index is -0.174. The van der Waals surface area contributed by atoms with Gasteiger partial charge in [0.05, 0.1) is 17.4 Å². The Kier molecular flexibility index (Phi) is 3.37. The van der Waals surface area contributed by atoms with Crippen molar-refractivity contribution in [2.45, 2.75) is 29.9 Å². The molecule has 4 heteroatoms. The number of thioether (sulfide) groups is 1. The molecule has 0 radical (unpaired) electrons. The Morgan fingerprint density at radius 1 is 1.50 bits per heavy atom. The molecule has 0 atom stereocenters. The predicted octanol–water partition coefficient (Wildman–Crippen LogP) is 2.22. The van der Waals surface area contributed by atoms with Gasteiger partial charge in [-0.05, 0) is 31.2 Å². The second-order valence-corrected chi connectivity index (χ2v) is 4.81. The fourth-order valence-electron chi connectivity index (χ4n) is 1.86. The number of hydrogen-bond acceptors (Lipinski definition) is 4. The highest BCUT2D eigenvalue weighted by Gasteiger charge is 2.27. The fourth-order valence-corrected chi connectivity index (χ4v) is 2.44. The SMILES string of the molecule is CSc1cccc(NC2CC(O)C2)c1C#N. The molecule has 0 aromatic heterocycles. The zero-order chi connectivity index (χ0) is 11.5. The molecule has 3 nitrogen and oxygen atoms in total. The predicted molar refractivity (Wildman–Crippen MR) is 65.6 cm³/mol. The van der Waals surface area contributed by atoms with Gasteiger partial charge in [-0.3, -0.25) is 0 Å². The van der Waals surface area contributed by atoms with Crippen LogP contribution in [0.2, 0.25) is 0 Å². The molecule has 0 spiro atoms. The van der Waals surface area contributed by atoms with Crippen LogP contribution in [-0.2, 0) is 0 Å². The normalized spacial score (nSPS) is 23.3. The molecule has 0 saturated heterocycles. The summed E-state index contributed by atoms with van der Waals surface area (Å²) in [5, 5.41) is 21.7. The van der Waals surface area contributed by atoms with Gasteiger partial charge in [-0.15, -0.1) is 11.8 Å². The number of anilines is 1. The van der Waals surface area contributed by atoms with Crippen molar-refractivity contribution < 1.29 is 5.11 Å². The third-order valence-electron chi connectivity index (χ3n) is 2.83. The Balaban J connectivity index is 2.17. The molecule has 84 valence electrons. The first-order valence-electron chi connectivity index (χ1n) is 5.26. The van der Waals surface area contributed by atoms with Crippen LogP contribution in [-0.4, -0.2) is 23.5 Å². The molecule has 2 N–H and O–H groups in total. The van der Waals surface area contributed by atoms with Gasteiger partial charge in [-0.2, -0.15) is 5.26 Å². The summed E-state index contributed by atoms with van der Waals surface area (Å²) in [5.41, 5.74) is 1.59. The molecule has 0 heterocycles. The molecule has 0 amide bonds. The average molecular weight is 234 g/mol. The topological polar surface area (TPSA) is 56.0 Å². The van der Waals surface area contributed by atoms with E-state index in [0.29, 0.717) is 11.6 Å². The minimum absolute atomic E-state index is 0.174. The zero-order valence-electron chi connectivity index (χ0n) is 9.10. The molecule has 0 bridgehead atoms. The van der Waals surface area contributed by atoms with Crippen LogP contribution >= 0.6 is 11.8 Å². The van der Waals surface area contributed by atoms with E-state index in [1.807, 2.05) is 24.5 Å². The number of hydrogen-bond donors (Lipinski definition) is 2. The summed E-state index contributed by atoms with van der Waals surface area (Å²) < 4.78 is 0. The quantitative estimate of drug-likeness (QED) is 0.787. The van der Waals surface area contributed by atoms with Crippen molar-refractivity contribution in [2.24, 2.45) is 0 Å². The molecule has 1 aliphatic rings. The lowest BCUT2D eigenvalue weighted by molar-refractivity contribution is 0.0836. The van der Waals surface area contributed by atoms with Gasteiger partial charge in [0.1, 0.15) is 6.07 Å². The summed E-state index contributed by atoms with van der Waals surface area (Å²) in [4.78, 5) is 0.993. The van der Waals surface area contributed by atoms with E-state index in [1.165, 1.54) is 0 Å². The lowest BCUT2D eigenvalue weighted by Crippen LogP contribution is -2.39. The number of rotatable bonds is 3. The average Bonchev–Trinajstić information content (AvgIpc) is 2.26. The molecule has 1 fully saturated rings. The molecule has 1 aromatic carbocycles. The molecule has 16 heavy (non-hydrogen) atoms. The summed E-state index contributed by atoms with van der Waals surface area (Å²) in [6.07, 6.45) is 3.34. The Morgan fingerprint density at radius 2 is 2.25 bits per heavy atom. The van der Waals surface area contributed by atoms with E-state index in [4.69, 9.17) is 5.26 Å². The highest BCUT2D eigenvalue weighted by atomic mass is 32.2. The number of nitrogens with zero attached hydrogens (tertiary/aromatic N) is 1. The number of aliphatic hydroxyl groups is 1. The molecule has 1 aliphatic carbocycles. The Bertz CT molecular complexity index is 422. The van der Waals surface area contributed by atoms with E-state index in [0.717, 1.165) is 23.4 Å². The molecule has 2 rings (SSSR count). The van der Waals surface area contributed by atoms with Crippen LogP contribution in [0.4, 0.5) is 5.69 Å². The van der Waals surface area contributed by atoms with Gasteiger partial charge in [0.25, 0.3) is 0 Å². The van der Waals surface area contributed by atoms with Crippen molar-refractivity contribution in [1.82, 2.24) is 0 Å². The van der Waals surface area contributed by atoms with Crippen LogP contribution in [0.15, 0.2) is 23.1 Å². The molecule has 0 aliphatic heterocycles. The summed E-state index contributed by atoms with van der Waals surface area (Å²) in [6, 6.07) is 8.36. The largest absolute Gasteiger partial charge is 0.393 e. The maximum atomic E-state index is 9.21. The van der Waals surface area contributed by atoms with Gasteiger partial charge in [0.2, 0.25) is 0 Å². The zero-order valence-corrected chi connectivity index (χ0v) is 9.92. The van der Waals surface area contributed by atoms with Crippen molar-refractivity contribution in [3.63, 3.8) is 0 Å². The van der Waals surface area contributed by atoms with Crippen molar-refractivity contribution in [3.05, 3.63) is 23.8 Å². The van der Waals surface area contributed by atoms with Crippen LogP contribution in [0.25, 0.3) is 0 Å². The molecular weight excluding hydrogens is 220 g/mol.